The molecule has 0 amide bonds. The van der Waals surface area contributed by atoms with E-state index in [-0.39, 0.29) is 5.75 Å². The fraction of sp³-hybridized carbons (Fsp3) is 0. The first-order chi connectivity index (χ1) is 5.68. The third-order valence-corrected chi connectivity index (χ3v) is 1.30. The van der Waals surface area contributed by atoms with Crippen LogP contribution in [0.3, 0.4) is 0 Å². The Morgan fingerprint density at radius 1 is 1.33 bits per heavy atom. The van der Waals surface area contributed by atoms with Crippen LogP contribution in [0, 0.1) is 0 Å². The van der Waals surface area contributed by atoms with E-state index >= 15 is 0 Å². The third-order valence-electron chi connectivity index (χ3n) is 1.30. The number of benzene rings is 1. The molecule has 0 aliphatic rings. The zero-order valence-electron chi connectivity index (χ0n) is 6.23. The van der Waals surface area contributed by atoms with Crippen molar-refractivity contribution in [2.45, 2.75) is 0 Å². The fourth-order valence-corrected chi connectivity index (χ4v) is 0.746. The van der Waals surface area contributed by atoms with Gasteiger partial charge >= 0.3 is 5.97 Å². The highest BCUT2D eigenvalue weighted by Crippen LogP contribution is 2.07. The quantitative estimate of drug-likeness (QED) is 0.657. The van der Waals surface area contributed by atoms with E-state index in [0.29, 0.717) is 5.56 Å². The average molecular weight is 163 g/mol. The summed E-state index contributed by atoms with van der Waals surface area (Å²) in [5, 5.41) is 18.9. The average Bonchev–Trinajstić information content (AvgIpc) is 2.03. The molecular weight excluding hydrogens is 156 g/mol. The van der Waals surface area contributed by atoms with E-state index in [1.165, 1.54) is 18.2 Å². The molecule has 62 valence electrons. The highest BCUT2D eigenvalue weighted by atomic mass is 16.4. The molecule has 0 saturated heterocycles. The monoisotopic (exact) mass is 163 g/mol. The van der Waals surface area contributed by atoms with Crippen molar-refractivity contribution in [1.29, 1.82) is 0 Å². The smallest absolute Gasteiger partial charge is 0.328 e. The summed E-state index contributed by atoms with van der Waals surface area (Å²) in [6.45, 7) is 0. The van der Waals surface area contributed by atoms with Crippen LogP contribution in [0.2, 0.25) is 0 Å². The standard InChI is InChI=1S/C9H8O3/c10-8-4-1-7(2-5-8)3-6-9(11)12/h1-6,10H,(H,11,12)/p-1. The highest BCUT2D eigenvalue weighted by molar-refractivity contribution is 5.85. The highest BCUT2D eigenvalue weighted by Gasteiger charge is 1.86. The van der Waals surface area contributed by atoms with Crippen LogP contribution in [0.15, 0.2) is 30.3 Å². The molecule has 0 aliphatic heterocycles. The number of hydrogen-bond acceptors (Lipinski definition) is 2. The Morgan fingerprint density at radius 2 is 1.92 bits per heavy atom. The molecule has 1 N–H and O–H groups in total. The van der Waals surface area contributed by atoms with E-state index in [0.717, 1.165) is 6.08 Å². The van der Waals surface area contributed by atoms with Crippen LogP contribution in [0.5, 0.6) is 5.75 Å². The van der Waals surface area contributed by atoms with E-state index in [1.54, 1.807) is 12.1 Å². The van der Waals surface area contributed by atoms with E-state index in [9.17, 15) is 9.90 Å². The zero-order valence-corrected chi connectivity index (χ0v) is 6.23. The van der Waals surface area contributed by atoms with Crippen LogP contribution in [-0.2, 0) is 4.79 Å². The summed E-state index contributed by atoms with van der Waals surface area (Å²) in [5.74, 6) is -1.08. The van der Waals surface area contributed by atoms with Crippen LogP contribution in [0.4, 0.5) is 0 Å². The summed E-state index contributed by atoms with van der Waals surface area (Å²) < 4.78 is 0. The predicted octanol–water partition coefficient (Wildman–Crippen LogP) is 0.858. The van der Waals surface area contributed by atoms with Gasteiger partial charge in [-0.3, -0.25) is 0 Å². The Hall–Kier alpha value is -1.77. The molecule has 12 heavy (non-hydrogen) atoms. The summed E-state index contributed by atoms with van der Waals surface area (Å²) in [6.07, 6.45) is 2.46. The minimum atomic E-state index is -0.999. The Kier molecular flexibility index (Phi) is 2.48. The van der Waals surface area contributed by atoms with Crippen molar-refractivity contribution >= 4 is 12.0 Å². The van der Waals surface area contributed by atoms with E-state index in [4.69, 9.17) is 5.11 Å². The molecule has 0 aromatic heterocycles. The first kappa shape index (κ1) is 8.33. The minimum Gasteiger partial charge on any atom is -0.872 e. The molecule has 0 bridgehead atoms. The van der Waals surface area contributed by atoms with Gasteiger partial charge in [-0.05, 0) is 11.6 Å². The van der Waals surface area contributed by atoms with Crippen molar-refractivity contribution in [1.82, 2.24) is 0 Å². The van der Waals surface area contributed by atoms with Crippen molar-refractivity contribution < 1.29 is 15.0 Å². The van der Waals surface area contributed by atoms with Crippen molar-refractivity contribution in [2.24, 2.45) is 0 Å². The molecule has 0 fully saturated rings. The van der Waals surface area contributed by atoms with Gasteiger partial charge in [0, 0.05) is 6.08 Å². The first-order valence-electron chi connectivity index (χ1n) is 3.36. The van der Waals surface area contributed by atoms with Gasteiger partial charge in [-0.25, -0.2) is 4.79 Å². The summed E-state index contributed by atoms with van der Waals surface area (Å²) in [4.78, 5) is 10.1. The van der Waals surface area contributed by atoms with E-state index < -0.39 is 5.97 Å². The Balaban J connectivity index is 2.77. The van der Waals surface area contributed by atoms with Gasteiger partial charge in [-0.1, -0.05) is 24.3 Å². The second-order valence-electron chi connectivity index (χ2n) is 2.24. The largest absolute Gasteiger partial charge is 0.872 e. The molecular formula is C9H7O3-. The maximum atomic E-state index is 10.6. The Labute approximate surface area is 69.6 Å². The summed E-state index contributed by atoms with van der Waals surface area (Å²) in [7, 11) is 0. The number of hydrogen-bond donors (Lipinski definition) is 1. The van der Waals surface area contributed by atoms with Gasteiger partial charge in [-0.2, -0.15) is 0 Å². The van der Waals surface area contributed by atoms with Crippen LogP contribution >= 0.6 is 0 Å². The molecule has 0 spiro atoms. The van der Waals surface area contributed by atoms with Gasteiger partial charge in [0.1, 0.15) is 0 Å². The lowest BCUT2D eigenvalue weighted by molar-refractivity contribution is -0.268. The topological polar surface area (TPSA) is 60.4 Å². The lowest BCUT2D eigenvalue weighted by Crippen LogP contribution is -1.88. The number of rotatable bonds is 2. The van der Waals surface area contributed by atoms with Gasteiger partial charge in [0.25, 0.3) is 0 Å². The lowest BCUT2D eigenvalue weighted by Gasteiger charge is -2.02. The van der Waals surface area contributed by atoms with Gasteiger partial charge < -0.3 is 10.2 Å². The number of carbonyl (C=O) groups is 1. The van der Waals surface area contributed by atoms with Crippen LogP contribution in [0.1, 0.15) is 5.56 Å². The molecule has 0 radical (unpaired) electrons. The molecule has 0 heterocycles. The molecule has 0 unspecified atom stereocenters. The van der Waals surface area contributed by atoms with Gasteiger partial charge in [0.05, 0.1) is 0 Å². The number of aliphatic carboxylic acids is 1. The normalized spacial score (nSPS) is 10.3. The van der Waals surface area contributed by atoms with E-state index in [1.807, 2.05) is 0 Å². The van der Waals surface area contributed by atoms with Gasteiger partial charge in [0.15, 0.2) is 0 Å². The predicted molar refractivity (Wildman–Crippen MR) is 42.6 cm³/mol. The summed E-state index contributed by atoms with van der Waals surface area (Å²) in [6, 6.07) is 5.92. The summed E-state index contributed by atoms with van der Waals surface area (Å²) >= 11 is 0. The second kappa shape index (κ2) is 3.57. The maximum absolute atomic E-state index is 10.6. The molecule has 3 heteroatoms. The Morgan fingerprint density at radius 3 is 2.42 bits per heavy atom. The molecule has 0 atom stereocenters. The SMILES string of the molecule is O=C(O)C=Cc1ccc([O-])cc1. The Bertz CT molecular complexity index is 298. The van der Waals surface area contributed by atoms with Crippen molar-refractivity contribution in [3.63, 3.8) is 0 Å². The molecule has 0 saturated carbocycles. The van der Waals surface area contributed by atoms with Gasteiger partial charge in [0.2, 0.25) is 0 Å². The third kappa shape index (κ3) is 2.46. The fourth-order valence-electron chi connectivity index (χ4n) is 0.746. The second-order valence-corrected chi connectivity index (χ2v) is 2.24. The lowest BCUT2D eigenvalue weighted by atomic mass is 10.2. The van der Waals surface area contributed by atoms with Gasteiger partial charge in [-0.15, -0.1) is 5.75 Å². The van der Waals surface area contributed by atoms with Crippen LogP contribution in [-0.4, -0.2) is 11.1 Å². The van der Waals surface area contributed by atoms with Crippen molar-refractivity contribution in [3.8, 4) is 5.75 Å². The molecule has 1 aromatic carbocycles. The molecule has 1 aromatic rings. The molecule has 0 aliphatic carbocycles. The van der Waals surface area contributed by atoms with Crippen molar-refractivity contribution in [3.05, 3.63) is 35.9 Å². The molecule has 1 rings (SSSR count). The van der Waals surface area contributed by atoms with Crippen LogP contribution < -0.4 is 5.11 Å². The van der Waals surface area contributed by atoms with Crippen molar-refractivity contribution in [2.75, 3.05) is 0 Å². The molecule has 3 nitrogen and oxygen atoms in total. The minimum absolute atomic E-state index is 0.0810. The maximum Gasteiger partial charge on any atom is 0.328 e. The zero-order chi connectivity index (χ0) is 8.97. The summed E-state index contributed by atoms with van der Waals surface area (Å²) in [5.41, 5.74) is 0.706. The van der Waals surface area contributed by atoms with E-state index in [2.05, 4.69) is 0 Å². The van der Waals surface area contributed by atoms with Crippen LogP contribution in [0.25, 0.3) is 6.08 Å². The first-order valence-corrected chi connectivity index (χ1v) is 3.36. The number of carboxylic acid groups (broad SMARTS) is 1. The number of carboxylic acids is 1.